The molecule has 166 valence electrons. The molecule has 0 fully saturated rings. The molecule has 0 spiro atoms. The minimum absolute atomic E-state index is 0.0183. The Bertz CT molecular complexity index is 1040. The summed E-state index contributed by atoms with van der Waals surface area (Å²) in [5, 5.41) is 12.2. The van der Waals surface area contributed by atoms with Crippen molar-refractivity contribution in [3.8, 4) is 5.75 Å². The normalized spacial score (nSPS) is 12.1. The van der Waals surface area contributed by atoms with Gasteiger partial charge in [0.2, 0.25) is 0 Å². The molecule has 0 radical (unpaired) electrons. The minimum Gasteiger partial charge on any atom is -0.489 e. The van der Waals surface area contributed by atoms with E-state index in [9.17, 15) is 14.7 Å². The second-order valence-corrected chi connectivity index (χ2v) is 8.81. The summed E-state index contributed by atoms with van der Waals surface area (Å²) in [6, 6.07) is 23.4. The Labute approximate surface area is 189 Å². The van der Waals surface area contributed by atoms with Crippen molar-refractivity contribution in [1.82, 2.24) is 5.32 Å². The van der Waals surface area contributed by atoms with E-state index >= 15 is 0 Å². The van der Waals surface area contributed by atoms with Crippen molar-refractivity contribution in [1.29, 1.82) is 0 Å². The number of aliphatic carboxylic acids is 1. The number of hydrogen-bond acceptors (Lipinski definition) is 3. The number of hydrogen-bond donors (Lipinski definition) is 2. The molecule has 0 saturated carbocycles. The van der Waals surface area contributed by atoms with E-state index in [0.717, 1.165) is 16.7 Å². The van der Waals surface area contributed by atoms with Gasteiger partial charge in [0.1, 0.15) is 18.4 Å². The quantitative estimate of drug-likeness (QED) is 0.527. The molecule has 0 bridgehead atoms. The molecule has 0 aliphatic heterocycles. The second kappa shape index (κ2) is 10.1. The molecule has 1 amide bonds. The van der Waals surface area contributed by atoms with Crippen molar-refractivity contribution >= 4 is 11.9 Å². The van der Waals surface area contributed by atoms with Crippen LogP contribution in [0.2, 0.25) is 0 Å². The standard InChI is InChI=1S/C27H29NO4/c1-27(2,3)22-13-11-21(12-14-22)25(29)28-24(26(30)31)17-19-9-15-23(16-10-19)32-18-20-7-5-4-6-8-20/h4-16,24H,17-18H2,1-3H3,(H,28,29)(H,30,31)/t24-/m0/s1. The van der Waals surface area contributed by atoms with Crippen LogP contribution in [0, 0.1) is 0 Å². The second-order valence-electron chi connectivity index (χ2n) is 8.81. The van der Waals surface area contributed by atoms with E-state index < -0.39 is 17.9 Å². The number of rotatable bonds is 8. The van der Waals surface area contributed by atoms with E-state index in [1.807, 2.05) is 66.7 Å². The predicted octanol–water partition coefficient (Wildman–Crippen LogP) is 4.99. The van der Waals surface area contributed by atoms with Gasteiger partial charge in [-0.1, -0.05) is 75.4 Å². The SMILES string of the molecule is CC(C)(C)c1ccc(C(=O)N[C@@H](Cc2ccc(OCc3ccccc3)cc2)C(=O)O)cc1. The minimum atomic E-state index is -1.07. The van der Waals surface area contributed by atoms with Gasteiger partial charge in [-0.2, -0.15) is 0 Å². The third-order valence-corrected chi connectivity index (χ3v) is 5.23. The van der Waals surface area contributed by atoms with Crippen molar-refractivity contribution < 1.29 is 19.4 Å². The summed E-state index contributed by atoms with van der Waals surface area (Å²) in [6.45, 7) is 6.75. The van der Waals surface area contributed by atoms with Crippen LogP contribution < -0.4 is 10.1 Å². The predicted molar refractivity (Wildman–Crippen MR) is 125 cm³/mol. The summed E-state index contributed by atoms with van der Waals surface area (Å²) >= 11 is 0. The van der Waals surface area contributed by atoms with E-state index in [4.69, 9.17) is 4.74 Å². The zero-order valence-electron chi connectivity index (χ0n) is 18.7. The number of carbonyl (C=O) groups excluding carboxylic acids is 1. The molecule has 0 unspecified atom stereocenters. The van der Waals surface area contributed by atoms with Crippen molar-refractivity contribution in [2.45, 2.75) is 45.3 Å². The molecule has 0 aromatic heterocycles. The van der Waals surface area contributed by atoms with Gasteiger partial charge in [0, 0.05) is 12.0 Å². The molecule has 0 saturated heterocycles. The van der Waals surface area contributed by atoms with Crippen LogP contribution >= 0.6 is 0 Å². The zero-order chi connectivity index (χ0) is 23.1. The van der Waals surface area contributed by atoms with E-state index in [-0.39, 0.29) is 11.8 Å². The molecule has 3 aromatic carbocycles. The maximum absolute atomic E-state index is 12.6. The lowest BCUT2D eigenvalue weighted by Gasteiger charge is -2.19. The van der Waals surface area contributed by atoms with Gasteiger partial charge in [-0.05, 0) is 46.4 Å². The molecular formula is C27H29NO4. The largest absolute Gasteiger partial charge is 0.489 e. The lowest BCUT2D eigenvalue weighted by atomic mass is 9.86. The number of carboxylic acids is 1. The first kappa shape index (κ1) is 23.1. The Morgan fingerprint density at radius 1 is 0.875 bits per heavy atom. The fourth-order valence-electron chi connectivity index (χ4n) is 3.26. The van der Waals surface area contributed by atoms with E-state index in [2.05, 4.69) is 26.1 Å². The van der Waals surface area contributed by atoms with Crippen molar-refractivity contribution in [3.05, 3.63) is 101 Å². The third kappa shape index (κ3) is 6.45. The Hall–Kier alpha value is -3.60. The Morgan fingerprint density at radius 3 is 2.06 bits per heavy atom. The van der Waals surface area contributed by atoms with Crippen LogP contribution in [0.15, 0.2) is 78.9 Å². The van der Waals surface area contributed by atoms with Gasteiger partial charge in [0.05, 0.1) is 0 Å². The van der Waals surface area contributed by atoms with Gasteiger partial charge in [-0.25, -0.2) is 4.79 Å². The molecule has 0 aliphatic carbocycles. The molecule has 2 N–H and O–H groups in total. The average molecular weight is 432 g/mol. The summed E-state index contributed by atoms with van der Waals surface area (Å²) in [5.41, 5.74) is 3.40. The topological polar surface area (TPSA) is 75.6 Å². The molecule has 5 heteroatoms. The van der Waals surface area contributed by atoms with E-state index in [1.54, 1.807) is 12.1 Å². The van der Waals surface area contributed by atoms with Gasteiger partial charge < -0.3 is 15.2 Å². The van der Waals surface area contributed by atoms with Crippen LogP contribution in [-0.4, -0.2) is 23.0 Å². The van der Waals surface area contributed by atoms with Gasteiger partial charge >= 0.3 is 5.97 Å². The number of amides is 1. The first-order valence-electron chi connectivity index (χ1n) is 10.6. The fraction of sp³-hybridized carbons (Fsp3) is 0.259. The molecule has 0 aliphatic rings. The highest BCUT2D eigenvalue weighted by molar-refractivity contribution is 5.96. The van der Waals surface area contributed by atoms with E-state index in [0.29, 0.717) is 17.9 Å². The summed E-state index contributed by atoms with van der Waals surface area (Å²) < 4.78 is 5.77. The third-order valence-electron chi connectivity index (χ3n) is 5.23. The van der Waals surface area contributed by atoms with Gasteiger partial charge in [0.25, 0.3) is 5.91 Å². The van der Waals surface area contributed by atoms with Gasteiger partial charge in [0.15, 0.2) is 0 Å². The highest BCUT2D eigenvalue weighted by atomic mass is 16.5. The maximum Gasteiger partial charge on any atom is 0.326 e. The van der Waals surface area contributed by atoms with Gasteiger partial charge in [-0.15, -0.1) is 0 Å². The van der Waals surface area contributed by atoms with E-state index in [1.165, 1.54) is 0 Å². The number of carboxylic acid groups (broad SMARTS) is 1. The summed E-state index contributed by atoms with van der Waals surface area (Å²) in [7, 11) is 0. The first-order chi connectivity index (χ1) is 15.2. The van der Waals surface area contributed by atoms with Crippen LogP contribution in [0.3, 0.4) is 0 Å². The highest BCUT2D eigenvalue weighted by Crippen LogP contribution is 2.22. The lowest BCUT2D eigenvalue weighted by molar-refractivity contribution is -0.139. The molecule has 3 rings (SSSR count). The fourth-order valence-corrected chi connectivity index (χ4v) is 3.26. The summed E-state index contributed by atoms with van der Waals surface area (Å²) in [4.78, 5) is 24.3. The van der Waals surface area contributed by atoms with Crippen molar-refractivity contribution in [3.63, 3.8) is 0 Å². The van der Waals surface area contributed by atoms with Crippen LogP contribution in [-0.2, 0) is 23.2 Å². The number of benzene rings is 3. The van der Waals surface area contributed by atoms with Crippen LogP contribution in [0.4, 0.5) is 0 Å². The highest BCUT2D eigenvalue weighted by Gasteiger charge is 2.22. The first-order valence-corrected chi connectivity index (χ1v) is 10.6. The molecule has 32 heavy (non-hydrogen) atoms. The number of carbonyl (C=O) groups is 2. The Kier molecular flexibility index (Phi) is 7.31. The number of nitrogens with one attached hydrogen (secondary N) is 1. The molecule has 3 aromatic rings. The average Bonchev–Trinajstić information content (AvgIpc) is 2.78. The number of ether oxygens (including phenoxy) is 1. The summed E-state index contributed by atoms with van der Waals surface area (Å²) in [5.74, 6) is -0.776. The molecule has 0 heterocycles. The smallest absolute Gasteiger partial charge is 0.326 e. The lowest BCUT2D eigenvalue weighted by Crippen LogP contribution is -2.42. The van der Waals surface area contributed by atoms with Crippen LogP contribution in [0.1, 0.15) is 47.8 Å². The molecular weight excluding hydrogens is 402 g/mol. The Balaban J connectivity index is 1.60. The maximum atomic E-state index is 12.6. The Morgan fingerprint density at radius 2 is 1.50 bits per heavy atom. The monoisotopic (exact) mass is 431 g/mol. The van der Waals surface area contributed by atoms with Crippen molar-refractivity contribution in [2.24, 2.45) is 0 Å². The molecule has 5 nitrogen and oxygen atoms in total. The van der Waals surface area contributed by atoms with Crippen molar-refractivity contribution in [2.75, 3.05) is 0 Å². The van der Waals surface area contributed by atoms with Crippen LogP contribution in [0.5, 0.6) is 5.75 Å². The molecule has 1 atom stereocenters. The zero-order valence-corrected chi connectivity index (χ0v) is 18.7. The van der Waals surface area contributed by atoms with Gasteiger partial charge in [-0.3, -0.25) is 4.79 Å². The summed E-state index contributed by atoms with van der Waals surface area (Å²) in [6.07, 6.45) is 0.181. The van der Waals surface area contributed by atoms with Crippen LogP contribution in [0.25, 0.3) is 0 Å².